The minimum Gasteiger partial charge on any atom is -0.493 e. The van der Waals surface area contributed by atoms with Crippen molar-refractivity contribution in [3.8, 4) is 22.8 Å². The van der Waals surface area contributed by atoms with Gasteiger partial charge in [-0.25, -0.2) is 13.8 Å². The molecule has 2 aromatic heterocycles. The maximum atomic E-state index is 13.6. The van der Waals surface area contributed by atoms with Crippen molar-refractivity contribution in [1.82, 2.24) is 20.3 Å². The lowest BCUT2D eigenvalue weighted by atomic mass is 9.98. The number of rotatable bonds is 8. The Balaban J connectivity index is 1.47. The van der Waals surface area contributed by atoms with Gasteiger partial charge < -0.3 is 25.1 Å². The second-order valence-electron chi connectivity index (χ2n) is 9.36. The molecule has 0 radical (unpaired) electrons. The Morgan fingerprint density at radius 3 is 2.47 bits per heavy atom. The maximum Gasteiger partial charge on any atom is 0.258 e. The van der Waals surface area contributed by atoms with E-state index >= 15 is 0 Å². The molecule has 8 nitrogen and oxygen atoms in total. The number of fused-ring (bicyclic) bond motifs is 1. The molecule has 0 aliphatic carbocycles. The lowest BCUT2D eigenvalue weighted by molar-refractivity contribution is 0.356. The number of aromatic nitrogens is 3. The Morgan fingerprint density at radius 2 is 1.82 bits per heavy atom. The number of halogens is 2. The molecule has 0 saturated carbocycles. The fraction of sp³-hybridized carbons (Fsp3) is 0.321. The molecule has 1 fully saturated rings. The van der Waals surface area contributed by atoms with E-state index in [4.69, 9.17) is 14.5 Å². The maximum absolute atomic E-state index is 13.6. The molecule has 2 aromatic carbocycles. The van der Waals surface area contributed by atoms with Crippen molar-refractivity contribution >= 4 is 16.6 Å². The van der Waals surface area contributed by atoms with Crippen molar-refractivity contribution in [2.24, 2.45) is 5.92 Å². The Kier molecular flexibility index (Phi) is 7.50. The van der Waals surface area contributed by atoms with Crippen LogP contribution >= 0.6 is 0 Å². The Morgan fingerprint density at radius 1 is 1.05 bits per heavy atom. The molecule has 198 valence electrons. The summed E-state index contributed by atoms with van der Waals surface area (Å²) in [5.41, 5.74) is 2.38. The van der Waals surface area contributed by atoms with Crippen LogP contribution in [0.2, 0.25) is 0 Å². The summed E-state index contributed by atoms with van der Waals surface area (Å²) in [6, 6.07) is 8.39. The van der Waals surface area contributed by atoms with Crippen LogP contribution < -0.4 is 25.7 Å². The van der Waals surface area contributed by atoms with Gasteiger partial charge in [-0.15, -0.1) is 0 Å². The van der Waals surface area contributed by atoms with Crippen molar-refractivity contribution in [2.45, 2.75) is 19.3 Å². The number of nitrogens with zero attached hydrogens (tertiary/aromatic N) is 2. The largest absolute Gasteiger partial charge is 0.493 e. The Bertz CT molecular complexity index is 1480. The van der Waals surface area contributed by atoms with E-state index in [0.29, 0.717) is 57.5 Å². The first kappa shape index (κ1) is 25.6. The summed E-state index contributed by atoms with van der Waals surface area (Å²) in [5, 5.41) is 7.24. The number of ether oxygens (including phenoxy) is 2. The third kappa shape index (κ3) is 5.45. The van der Waals surface area contributed by atoms with Gasteiger partial charge in [0, 0.05) is 30.8 Å². The zero-order chi connectivity index (χ0) is 26.6. The van der Waals surface area contributed by atoms with E-state index in [0.717, 1.165) is 44.1 Å². The van der Waals surface area contributed by atoms with Gasteiger partial charge in [-0.05, 0) is 61.7 Å². The zero-order valence-corrected chi connectivity index (χ0v) is 21.2. The highest BCUT2D eigenvalue weighted by molar-refractivity contribution is 5.95. The lowest BCUT2D eigenvalue weighted by Gasteiger charge is -2.24. The highest BCUT2D eigenvalue weighted by atomic mass is 19.1. The van der Waals surface area contributed by atoms with Crippen LogP contribution in [0.4, 0.5) is 14.5 Å². The van der Waals surface area contributed by atoms with Crippen molar-refractivity contribution in [3.05, 3.63) is 76.0 Å². The van der Waals surface area contributed by atoms with Crippen molar-refractivity contribution < 1.29 is 18.3 Å². The first-order chi connectivity index (χ1) is 18.4. The standard InChI is InChI=1S/C28H29F2N5O3/c1-37-23-13-21-25(26(27(23)38-2)33-14-16-5-7-31-8-6-16)34-24(35-28(21)36)9-17-3-4-22(32-15-17)18-10-19(29)12-20(30)11-18/h3-4,10-13,15-16,31,33H,5-9,14H2,1-2H3,(H,34,35,36). The molecule has 1 aliphatic heterocycles. The van der Waals surface area contributed by atoms with E-state index in [1.54, 1.807) is 31.5 Å². The van der Waals surface area contributed by atoms with Crippen LogP contribution in [0, 0.1) is 17.6 Å². The van der Waals surface area contributed by atoms with E-state index in [1.165, 1.54) is 19.2 Å². The first-order valence-corrected chi connectivity index (χ1v) is 12.5. The second kappa shape index (κ2) is 11.1. The predicted octanol–water partition coefficient (Wildman–Crippen LogP) is 4.28. The van der Waals surface area contributed by atoms with Crippen LogP contribution in [-0.2, 0) is 6.42 Å². The van der Waals surface area contributed by atoms with E-state index in [1.807, 2.05) is 0 Å². The van der Waals surface area contributed by atoms with Crippen molar-refractivity contribution in [1.29, 1.82) is 0 Å². The number of aromatic amines is 1. The molecule has 4 aromatic rings. The second-order valence-corrected chi connectivity index (χ2v) is 9.36. The molecular weight excluding hydrogens is 492 g/mol. The molecule has 1 aliphatic rings. The zero-order valence-electron chi connectivity index (χ0n) is 21.2. The number of hydrogen-bond acceptors (Lipinski definition) is 7. The van der Waals surface area contributed by atoms with Gasteiger partial charge in [-0.3, -0.25) is 9.78 Å². The minimum atomic E-state index is -0.666. The van der Waals surface area contributed by atoms with Crippen LogP contribution in [0.1, 0.15) is 24.2 Å². The normalized spacial score (nSPS) is 14.0. The highest BCUT2D eigenvalue weighted by Crippen LogP contribution is 2.40. The van der Waals surface area contributed by atoms with Gasteiger partial charge in [0.05, 0.1) is 25.3 Å². The van der Waals surface area contributed by atoms with Gasteiger partial charge in [0.1, 0.15) is 28.7 Å². The van der Waals surface area contributed by atoms with E-state index in [-0.39, 0.29) is 5.56 Å². The van der Waals surface area contributed by atoms with E-state index < -0.39 is 11.6 Å². The molecule has 0 amide bonds. The molecule has 3 N–H and O–H groups in total. The predicted molar refractivity (Wildman–Crippen MR) is 142 cm³/mol. The minimum absolute atomic E-state index is 0.296. The molecule has 10 heteroatoms. The number of pyridine rings is 1. The van der Waals surface area contributed by atoms with E-state index in [2.05, 4.69) is 20.6 Å². The first-order valence-electron chi connectivity index (χ1n) is 12.5. The fourth-order valence-corrected chi connectivity index (χ4v) is 4.81. The molecule has 5 rings (SSSR count). The summed E-state index contributed by atoms with van der Waals surface area (Å²) in [5.74, 6) is 0.541. The topological polar surface area (TPSA) is 101 Å². The third-order valence-corrected chi connectivity index (χ3v) is 6.77. The van der Waals surface area contributed by atoms with Crippen molar-refractivity contribution in [3.63, 3.8) is 0 Å². The van der Waals surface area contributed by atoms with Crippen LogP contribution in [0.5, 0.6) is 11.5 Å². The summed E-state index contributed by atoms with van der Waals surface area (Å²) in [4.78, 5) is 25.1. The molecule has 38 heavy (non-hydrogen) atoms. The summed E-state index contributed by atoms with van der Waals surface area (Å²) in [7, 11) is 3.09. The number of nitrogens with one attached hydrogen (secondary N) is 3. The van der Waals surface area contributed by atoms with Crippen LogP contribution in [0.3, 0.4) is 0 Å². The fourth-order valence-electron chi connectivity index (χ4n) is 4.81. The molecular formula is C28H29F2N5O3. The van der Waals surface area contributed by atoms with Gasteiger partial charge in [0.2, 0.25) is 0 Å². The molecule has 1 saturated heterocycles. The molecule has 0 unspecified atom stereocenters. The number of piperidine rings is 1. The smallest absolute Gasteiger partial charge is 0.258 e. The van der Waals surface area contributed by atoms with Gasteiger partial charge in [0.15, 0.2) is 11.5 Å². The van der Waals surface area contributed by atoms with Gasteiger partial charge in [0.25, 0.3) is 5.56 Å². The molecule has 0 atom stereocenters. The quantitative estimate of drug-likeness (QED) is 0.318. The summed E-state index contributed by atoms with van der Waals surface area (Å²) in [6.45, 7) is 2.67. The number of benzene rings is 2. The third-order valence-electron chi connectivity index (χ3n) is 6.77. The SMILES string of the molecule is COc1cc2c(=O)[nH]c(Cc3ccc(-c4cc(F)cc(F)c4)nc3)nc2c(NCC2CCNCC2)c1OC. The number of H-pyrrole nitrogens is 1. The summed E-state index contributed by atoms with van der Waals surface area (Å²) in [6.07, 6.45) is 4.02. The summed E-state index contributed by atoms with van der Waals surface area (Å²) < 4.78 is 38.4. The Hall–Kier alpha value is -4.05. The average Bonchev–Trinajstić information content (AvgIpc) is 2.92. The van der Waals surface area contributed by atoms with Crippen LogP contribution in [0.15, 0.2) is 47.4 Å². The van der Waals surface area contributed by atoms with Gasteiger partial charge in [-0.1, -0.05) is 6.07 Å². The summed E-state index contributed by atoms with van der Waals surface area (Å²) >= 11 is 0. The van der Waals surface area contributed by atoms with Crippen LogP contribution in [-0.4, -0.2) is 48.8 Å². The van der Waals surface area contributed by atoms with Crippen molar-refractivity contribution in [2.75, 3.05) is 39.2 Å². The average molecular weight is 522 g/mol. The number of anilines is 1. The number of hydrogen-bond donors (Lipinski definition) is 3. The van der Waals surface area contributed by atoms with Gasteiger partial charge in [-0.2, -0.15) is 0 Å². The van der Waals surface area contributed by atoms with E-state index in [9.17, 15) is 13.6 Å². The Labute approximate surface area is 218 Å². The molecule has 0 spiro atoms. The highest BCUT2D eigenvalue weighted by Gasteiger charge is 2.21. The molecule has 0 bridgehead atoms. The number of methoxy groups -OCH3 is 2. The van der Waals surface area contributed by atoms with Gasteiger partial charge >= 0.3 is 0 Å². The lowest BCUT2D eigenvalue weighted by Crippen LogP contribution is -2.31. The monoisotopic (exact) mass is 521 g/mol. The van der Waals surface area contributed by atoms with Crippen LogP contribution in [0.25, 0.3) is 22.2 Å². The molecule has 3 heterocycles.